The van der Waals surface area contributed by atoms with Crippen LogP contribution in [0.15, 0.2) is 21.0 Å². The highest BCUT2D eigenvalue weighted by atomic mass is 16.5. The van der Waals surface area contributed by atoms with Crippen molar-refractivity contribution < 1.29 is 18.4 Å². The molecule has 1 aliphatic rings. The van der Waals surface area contributed by atoms with Crippen LogP contribution in [-0.4, -0.2) is 40.8 Å². The van der Waals surface area contributed by atoms with Gasteiger partial charge in [0.05, 0.1) is 13.2 Å². The first-order valence-electron chi connectivity index (χ1n) is 6.96. The fraction of sp³-hybridized carbons (Fsp3) is 0.500. The number of morpholine rings is 1. The smallest absolute Gasteiger partial charge is 0.290 e. The van der Waals surface area contributed by atoms with Crippen LogP contribution in [0.2, 0.25) is 0 Å². The average Bonchev–Trinajstić information content (AvgIpc) is 3.15. The van der Waals surface area contributed by atoms with Crippen LogP contribution < -0.4 is 0 Å². The number of nitrogens with zero attached hydrogens (tertiary/aromatic N) is 3. The van der Waals surface area contributed by atoms with E-state index in [-0.39, 0.29) is 11.9 Å². The van der Waals surface area contributed by atoms with Gasteiger partial charge in [-0.25, -0.2) is 0 Å². The summed E-state index contributed by atoms with van der Waals surface area (Å²) in [5.41, 5.74) is 0. The van der Waals surface area contributed by atoms with Gasteiger partial charge in [-0.1, -0.05) is 6.92 Å². The van der Waals surface area contributed by atoms with E-state index in [9.17, 15) is 4.79 Å². The van der Waals surface area contributed by atoms with Crippen molar-refractivity contribution in [2.45, 2.75) is 26.3 Å². The minimum Gasteiger partial charge on any atom is -0.456 e. The van der Waals surface area contributed by atoms with E-state index in [2.05, 4.69) is 10.2 Å². The third-order valence-corrected chi connectivity index (χ3v) is 3.44. The van der Waals surface area contributed by atoms with Gasteiger partial charge in [0.1, 0.15) is 11.8 Å². The molecule has 1 saturated heterocycles. The first-order chi connectivity index (χ1) is 10.2. The summed E-state index contributed by atoms with van der Waals surface area (Å²) in [6, 6.07) is 3.15. The lowest BCUT2D eigenvalue weighted by atomic mass is 10.2. The van der Waals surface area contributed by atoms with Gasteiger partial charge in [0.2, 0.25) is 11.8 Å². The van der Waals surface area contributed by atoms with Gasteiger partial charge in [-0.15, -0.1) is 10.2 Å². The lowest BCUT2D eigenvalue weighted by molar-refractivity contribution is -0.0121. The Morgan fingerprint density at radius 2 is 2.24 bits per heavy atom. The molecule has 0 aromatic carbocycles. The topological polar surface area (TPSA) is 81.6 Å². The van der Waals surface area contributed by atoms with Crippen molar-refractivity contribution in [1.29, 1.82) is 0 Å². The first kappa shape index (κ1) is 13.8. The molecule has 21 heavy (non-hydrogen) atoms. The van der Waals surface area contributed by atoms with Crippen molar-refractivity contribution in [2.75, 3.05) is 19.8 Å². The first-order valence-corrected chi connectivity index (χ1v) is 6.96. The molecule has 1 atom stereocenters. The Morgan fingerprint density at radius 1 is 1.38 bits per heavy atom. The maximum absolute atomic E-state index is 12.6. The second-order valence-corrected chi connectivity index (χ2v) is 4.87. The quantitative estimate of drug-likeness (QED) is 0.857. The number of furan rings is 1. The van der Waals surface area contributed by atoms with Crippen LogP contribution in [-0.2, 0) is 11.2 Å². The summed E-state index contributed by atoms with van der Waals surface area (Å²) in [6.07, 6.45) is 0.753. The largest absolute Gasteiger partial charge is 0.456 e. The van der Waals surface area contributed by atoms with Crippen molar-refractivity contribution in [1.82, 2.24) is 15.1 Å². The van der Waals surface area contributed by atoms with Crippen molar-refractivity contribution in [3.63, 3.8) is 0 Å². The normalized spacial score (nSPS) is 19.0. The lowest BCUT2D eigenvalue weighted by Crippen LogP contribution is -2.43. The molecular weight excluding hydrogens is 274 g/mol. The zero-order chi connectivity index (χ0) is 14.8. The van der Waals surface area contributed by atoms with Crippen molar-refractivity contribution in [3.8, 4) is 0 Å². The maximum atomic E-state index is 12.6. The van der Waals surface area contributed by atoms with Gasteiger partial charge in [-0.3, -0.25) is 4.79 Å². The summed E-state index contributed by atoms with van der Waals surface area (Å²) >= 11 is 0. The van der Waals surface area contributed by atoms with Crippen LogP contribution in [0.1, 0.15) is 41.1 Å². The summed E-state index contributed by atoms with van der Waals surface area (Å²) in [5.74, 6) is 1.79. The third-order valence-electron chi connectivity index (χ3n) is 3.44. The Hall–Kier alpha value is -2.15. The van der Waals surface area contributed by atoms with Gasteiger partial charge in [-0.2, -0.15) is 0 Å². The van der Waals surface area contributed by atoms with E-state index in [1.54, 1.807) is 17.9 Å². The lowest BCUT2D eigenvalue weighted by Gasteiger charge is -2.32. The second-order valence-electron chi connectivity index (χ2n) is 4.87. The monoisotopic (exact) mass is 291 g/mol. The Morgan fingerprint density at radius 3 is 2.90 bits per heavy atom. The summed E-state index contributed by atoms with van der Waals surface area (Å²) in [5, 5.41) is 7.81. The Balaban J connectivity index is 1.85. The molecule has 7 heteroatoms. The number of carbonyl (C=O) groups is 1. The zero-order valence-electron chi connectivity index (χ0n) is 12.0. The van der Waals surface area contributed by atoms with E-state index in [1.807, 2.05) is 13.0 Å². The standard InChI is InChI=1S/C14H17N3O4/c1-3-10-4-5-12(21-10)14(18)17-6-7-19-8-11(17)13-16-15-9(2)20-13/h4-5,11H,3,6-8H2,1-2H3/t11-/m1/s1. The molecule has 3 heterocycles. The summed E-state index contributed by atoms with van der Waals surface area (Å²) < 4.78 is 16.4. The molecule has 1 fully saturated rings. The van der Waals surface area contributed by atoms with E-state index < -0.39 is 0 Å². The molecule has 0 unspecified atom stereocenters. The molecule has 0 saturated carbocycles. The molecule has 0 N–H and O–H groups in total. The van der Waals surface area contributed by atoms with Gasteiger partial charge in [0.25, 0.3) is 5.91 Å². The van der Waals surface area contributed by atoms with Crippen molar-refractivity contribution >= 4 is 5.91 Å². The third kappa shape index (κ3) is 2.69. The van der Waals surface area contributed by atoms with Crippen LogP contribution in [0.4, 0.5) is 0 Å². The van der Waals surface area contributed by atoms with E-state index in [1.165, 1.54) is 0 Å². The number of rotatable bonds is 3. The molecule has 0 bridgehead atoms. The molecule has 2 aromatic heterocycles. The second kappa shape index (κ2) is 5.69. The number of amides is 1. The number of aromatic nitrogens is 2. The van der Waals surface area contributed by atoms with Gasteiger partial charge in [0.15, 0.2) is 5.76 Å². The average molecular weight is 291 g/mol. The Labute approximate surface area is 121 Å². The SMILES string of the molecule is CCc1ccc(C(=O)N2CCOC[C@@H]2c2nnc(C)o2)o1. The summed E-state index contributed by atoms with van der Waals surface area (Å²) in [4.78, 5) is 14.3. The van der Waals surface area contributed by atoms with Crippen LogP contribution >= 0.6 is 0 Å². The predicted molar refractivity (Wildman–Crippen MR) is 71.7 cm³/mol. The maximum Gasteiger partial charge on any atom is 0.290 e. The van der Waals surface area contributed by atoms with Crippen LogP contribution in [0.3, 0.4) is 0 Å². The number of aryl methyl sites for hydroxylation is 2. The fourth-order valence-electron chi connectivity index (χ4n) is 2.32. The van der Waals surface area contributed by atoms with Crippen LogP contribution in [0.25, 0.3) is 0 Å². The molecule has 112 valence electrons. The van der Waals surface area contributed by atoms with Crippen molar-refractivity contribution in [3.05, 3.63) is 35.4 Å². The highest BCUT2D eigenvalue weighted by Gasteiger charge is 2.34. The minimum absolute atomic E-state index is 0.182. The van der Waals surface area contributed by atoms with Gasteiger partial charge < -0.3 is 18.5 Å². The molecule has 0 spiro atoms. The molecular formula is C14H17N3O4. The summed E-state index contributed by atoms with van der Waals surface area (Å²) in [7, 11) is 0. The van der Waals surface area contributed by atoms with Crippen LogP contribution in [0.5, 0.6) is 0 Å². The molecule has 1 aliphatic heterocycles. The highest BCUT2D eigenvalue weighted by molar-refractivity contribution is 5.91. The Kier molecular flexibility index (Phi) is 3.74. The molecule has 2 aromatic rings. The number of ether oxygens (including phenoxy) is 1. The summed E-state index contributed by atoms with van der Waals surface area (Å²) in [6.45, 7) is 4.98. The highest BCUT2D eigenvalue weighted by Crippen LogP contribution is 2.25. The zero-order valence-corrected chi connectivity index (χ0v) is 12.0. The van der Waals surface area contributed by atoms with Crippen molar-refractivity contribution in [2.24, 2.45) is 0 Å². The van der Waals surface area contributed by atoms with Gasteiger partial charge in [0, 0.05) is 19.9 Å². The predicted octanol–water partition coefficient (Wildman–Crippen LogP) is 1.75. The Bertz CT molecular complexity index is 634. The fourth-order valence-corrected chi connectivity index (χ4v) is 2.32. The number of carbonyl (C=O) groups excluding carboxylic acids is 1. The molecule has 1 amide bonds. The number of hydrogen-bond acceptors (Lipinski definition) is 6. The van der Waals surface area contributed by atoms with Gasteiger partial charge >= 0.3 is 0 Å². The van der Waals surface area contributed by atoms with E-state index in [0.717, 1.165) is 12.2 Å². The molecule has 3 rings (SSSR count). The molecule has 0 radical (unpaired) electrons. The van der Waals surface area contributed by atoms with E-state index in [4.69, 9.17) is 13.6 Å². The minimum atomic E-state index is -0.373. The molecule has 7 nitrogen and oxygen atoms in total. The van der Waals surface area contributed by atoms with Crippen LogP contribution in [0, 0.1) is 6.92 Å². The van der Waals surface area contributed by atoms with E-state index in [0.29, 0.717) is 37.3 Å². The molecule has 0 aliphatic carbocycles. The van der Waals surface area contributed by atoms with E-state index >= 15 is 0 Å². The number of hydrogen-bond donors (Lipinski definition) is 0. The van der Waals surface area contributed by atoms with Gasteiger partial charge in [-0.05, 0) is 12.1 Å².